The van der Waals surface area contributed by atoms with Gasteiger partial charge in [0.2, 0.25) is 0 Å². The molecule has 0 bridgehead atoms. The molecule has 1 aromatic rings. The van der Waals surface area contributed by atoms with Crippen molar-refractivity contribution in [3.63, 3.8) is 0 Å². The highest BCUT2D eigenvalue weighted by Crippen LogP contribution is 2.09. The number of hydroxylamine groups is 1. The summed E-state index contributed by atoms with van der Waals surface area (Å²) in [6, 6.07) is 7.55. The highest BCUT2D eigenvalue weighted by Gasteiger charge is 2.09. The first-order valence-corrected chi connectivity index (χ1v) is 5.44. The molecular weight excluding hydrogens is 204 g/mol. The van der Waals surface area contributed by atoms with E-state index in [9.17, 15) is 4.79 Å². The molecule has 0 spiro atoms. The fraction of sp³-hybridized carbons (Fsp3) is 0.417. The predicted octanol–water partition coefficient (Wildman–Crippen LogP) is 1.13. The maximum absolute atomic E-state index is 11.7. The van der Waals surface area contributed by atoms with Gasteiger partial charge in [-0.1, -0.05) is 18.2 Å². The van der Waals surface area contributed by atoms with Gasteiger partial charge in [-0.05, 0) is 38.6 Å². The average Bonchev–Trinajstić information content (AvgIpc) is 2.33. The van der Waals surface area contributed by atoms with Crippen molar-refractivity contribution in [3.8, 4) is 0 Å². The Hall–Kier alpha value is -1.39. The molecule has 0 aliphatic heterocycles. The van der Waals surface area contributed by atoms with Gasteiger partial charge in [0.05, 0.1) is 6.61 Å². The van der Waals surface area contributed by atoms with E-state index in [1.165, 1.54) is 0 Å². The molecule has 88 valence electrons. The van der Waals surface area contributed by atoms with Crippen molar-refractivity contribution in [2.24, 2.45) is 0 Å². The molecule has 4 nitrogen and oxygen atoms in total. The van der Waals surface area contributed by atoms with Crippen molar-refractivity contribution >= 4 is 5.91 Å². The molecule has 0 unspecified atom stereocenters. The molecule has 0 saturated carbocycles. The zero-order chi connectivity index (χ0) is 11.8. The Bertz CT molecular complexity index is 340. The van der Waals surface area contributed by atoms with Crippen molar-refractivity contribution < 1.29 is 9.63 Å². The zero-order valence-corrected chi connectivity index (χ0v) is 9.75. The Balaban J connectivity index is 2.73. The number of hydrogen-bond acceptors (Lipinski definition) is 3. The Labute approximate surface area is 95.9 Å². The largest absolute Gasteiger partial charge is 0.319 e. The van der Waals surface area contributed by atoms with Crippen LogP contribution in [0.5, 0.6) is 0 Å². The number of nitrogens with one attached hydrogen (secondary N) is 2. The molecule has 4 heteroatoms. The predicted molar refractivity (Wildman–Crippen MR) is 63.2 cm³/mol. The smallest absolute Gasteiger partial charge is 0.275 e. The van der Waals surface area contributed by atoms with E-state index in [-0.39, 0.29) is 5.91 Å². The van der Waals surface area contributed by atoms with Crippen molar-refractivity contribution in [3.05, 3.63) is 35.4 Å². The second-order valence-corrected chi connectivity index (χ2v) is 3.37. The fourth-order valence-electron chi connectivity index (χ4n) is 1.41. The monoisotopic (exact) mass is 222 g/mol. The van der Waals surface area contributed by atoms with E-state index in [2.05, 4.69) is 10.8 Å². The molecule has 2 N–H and O–H groups in total. The van der Waals surface area contributed by atoms with E-state index in [0.717, 1.165) is 18.5 Å². The van der Waals surface area contributed by atoms with Crippen molar-refractivity contribution in [1.29, 1.82) is 0 Å². The summed E-state index contributed by atoms with van der Waals surface area (Å²) in [6.07, 6.45) is 0.826. The number of carbonyl (C=O) groups excluding carboxylic acids is 1. The summed E-state index contributed by atoms with van der Waals surface area (Å²) < 4.78 is 0. The standard InChI is InChI=1S/C12H18N2O2/c1-3-16-14-12(15)11-7-5-4-6-10(11)8-9-13-2/h4-7,13H,3,8-9H2,1-2H3,(H,14,15). The lowest BCUT2D eigenvalue weighted by molar-refractivity contribution is 0.0363. The second kappa shape index (κ2) is 6.98. The third kappa shape index (κ3) is 3.64. The minimum Gasteiger partial charge on any atom is -0.319 e. The molecule has 16 heavy (non-hydrogen) atoms. The Morgan fingerprint density at radius 1 is 1.38 bits per heavy atom. The number of likely N-dealkylation sites (N-methyl/N-ethyl adjacent to an activating group) is 1. The van der Waals surface area contributed by atoms with Crippen LogP contribution >= 0.6 is 0 Å². The molecule has 1 aromatic carbocycles. The third-order valence-electron chi connectivity index (χ3n) is 2.22. The summed E-state index contributed by atoms with van der Waals surface area (Å²) in [5.74, 6) is -0.187. The van der Waals surface area contributed by atoms with Gasteiger partial charge in [-0.3, -0.25) is 9.63 Å². The van der Waals surface area contributed by atoms with E-state index < -0.39 is 0 Å². The van der Waals surface area contributed by atoms with Crippen LogP contribution in [0.4, 0.5) is 0 Å². The molecule has 0 heterocycles. The molecule has 1 rings (SSSR count). The Morgan fingerprint density at radius 2 is 2.12 bits per heavy atom. The number of benzene rings is 1. The minimum absolute atomic E-state index is 0.187. The first-order chi connectivity index (χ1) is 7.79. The Morgan fingerprint density at radius 3 is 2.81 bits per heavy atom. The van der Waals surface area contributed by atoms with Gasteiger partial charge in [0, 0.05) is 5.56 Å². The topological polar surface area (TPSA) is 50.4 Å². The van der Waals surface area contributed by atoms with Crippen molar-refractivity contribution in [1.82, 2.24) is 10.8 Å². The van der Waals surface area contributed by atoms with E-state index in [1.807, 2.05) is 32.2 Å². The van der Waals surface area contributed by atoms with Gasteiger partial charge in [-0.15, -0.1) is 0 Å². The van der Waals surface area contributed by atoms with E-state index in [1.54, 1.807) is 6.07 Å². The quantitative estimate of drug-likeness (QED) is 0.709. The van der Waals surface area contributed by atoms with Gasteiger partial charge in [-0.25, -0.2) is 5.48 Å². The number of amides is 1. The Kier molecular flexibility index (Phi) is 5.53. The van der Waals surface area contributed by atoms with Gasteiger partial charge in [-0.2, -0.15) is 0 Å². The van der Waals surface area contributed by atoms with E-state index in [0.29, 0.717) is 12.2 Å². The van der Waals surface area contributed by atoms with E-state index in [4.69, 9.17) is 4.84 Å². The van der Waals surface area contributed by atoms with Crippen LogP contribution in [0.15, 0.2) is 24.3 Å². The molecule has 0 aromatic heterocycles. The molecule has 0 atom stereocenters. The van der Waals surface area contributed by atoms with Crippen LogP contribution in [-0.4, -0.2) is 26.1 Å². The molecule has 0 radical (unpaired) electrons. The van der Waals surface area contributed by atoms with Gasteiger partial charge in [0.25, 0.3) is 5.91 Å². The van der Waals surface area contributed by atoms with Gasteiger partial charge in [0.1, 0.15) is 0 Å². The minimum atomic E-state index is -0.187. The molecule has 0 aliphatic carbocycles. The van der Waals surface area contributed by atoms with Crippen LogP contribution in [0.25, 0.3) is 0 Å². The fourth-order valence-corrected chi connectivity index (χ4v) is 1.41. The number of rotatable bonds is 6. The highest BCUT2D eigenvalue weighted by atomic mass is 16.6. The molecule has 1 amide bonds. The second-order valence-electron chi connectivity index (χ2n) is 3.37. The SMILES string of the molecule is CCONC(=O)c1ccccc1CCNC. The molecule has 0 fully saturated rings. The van der Waals surface area contributed by atoms with Crippen LogP contribution in [0.3, 0.4) is 0 Å². The van der Waals surface area contributed by atoms with Gasteiger partial charge >= 0.3 is 0 Å². The molecular formula is C12H18N2O2. The summed E-state index contributed by atoms with van der Waals surface area (Å²) in [5.41, 5.74) is 4.10. The summed E-state index contributed by atoms with van der Waals surface area (Å²) in [4.78, 5) is 16.6. The maximum Gasteiger partial charge on any atom is 0.275 e. The van der Waals surface area contributed by atoms with Crippen LogP contribution < -0.4 is 10.8 Å². The van der Waals surface area contributed by atoms with Gasteiger partial charge < -0.3 is 5.32 Å². The highest BCUT2D eigenvalue weighted by molar-refractivity contribution is 5.94. The van der Waals surface area contributed by atoms with Crippen LogP contribution in [0.1, 0.15) is 22.8 Å². The lowest BCUT2D eigenvalue weighted by atomic mass is 10.0. The number of carbonyl (C=O) groups is 1. The summed E-state index contributed by atoms with van der Waals surface area (Å²) in [6.45, 7) is 3.14. The van der Waals surface area contributed by atoms with Crippen LogP contribution in [0.2, 0.25) is 0 Å². The maximum atomic E-state index is 11.7. The summed E-state index contributed by atoms with van der Waals surface area (Å²) in [7, 11) is 1.89. The zero-order valence-electron chi connectivity index (χ0n) is 9.75. The lowest BCUT2D eigenvalue weighted by Gasteiger charge is -2.09. The van der Waals surface area contributed by atoms with Crippen LogP contribution in [-0.2, 0) is 11.3 Å². The first-order valence-electron chi connectivity index (χ1n) is 5.44. The van der Waals surface area contributed by atoms with Crippen molar-refractivity contribution in [2.45, 2.75) is 13.3 Å². The third-order valence-corrected chi connectivity index (χ3v) is 2.22. The number of hydrogen-bond donors (Lipinski definition) is 2. The first kappa shape index (κ1) is 12.7. The molecule has 0 saturated heterocycles. The average molecular weight is 222 g/mol. The molecule has 0 aliphatic rings. The van der Waals surface area contributed by atoms with E-state index >= 15 is 0 Å². The summed E-state index contributed by atoms with van der Waals surface area (Å²) in [5, 5.41) is 3.06. The van der Waals surface area contributed by atoms with Crippen LogP contribution in [0, 0.1) is 0 Å². The summed E-state index contributed by atoms with van der Waals surface area (Å²) >= 11 is 0. The van der Waals surface area contributed by atoms with Gasteiger partial charge in [0.15, 0.2) is 0 Å². The normalized spacial score (nSPS) is 10.1. The lowest BCUT2D eigenvalue weighted by Crippen LogP contribution is -2.25. The van der Waals surface area contributed by atoms with Crippen molar-refractivity contribution in [2.75, 3.05) is 20.2 Å².